The summed E-state index contributed by atoms with van der Waals surface area (Å²) < 4.78 is 5.33. The highest BCUT2D eigenvalue weighted by Gasteiger charge is 2.08. The monoisotopic (exact) mass is 280 g/mol. The molecule has 1 heterocycles. The lowest BCUT2D eigenvalue weighted by molar-refractivity contribution is 0.405. The number of anilines is 1. The van der Waals surface area contributed by atoms with Crippen molar-refractivity contribution in [1.29, 1.82) is 0 Å². The smallest absolute Gasteiger partial charge is 0.134 e. The Morgan fingerprint density at radius 2 is 2.17 bits per heavy atom. The third-order valence-electron chi connectivity index (χ3n) is 2.61. The lowest BCUT2D eigenvalue weighted by atomic mass is 10.3. The number of ether oxygens (including phenoxy) is 1. The summed E-state index contributed by atoms with van der Waals surface area (Å²) in [4.78, 5) is 6.91. The zero-order valence-electron chi connectivity index (χ0n) is 10.7. The molecule has 2 N–H and O–H groups in total. The zero-order valence-corrected chi connectivity index (χ0v) is 12.3. The van der Waals surface area contributed by atoms with Gasteiger partial charge in [0.05, 0.1) is 18.6 Å². The number of nitrogen functional groups attached to an aromatic ring is 1. The number of rotatable bonds is 4. The van der Waals surface area contributed by atoms with Crippen LogP contribution in [0.5, 0.6) is 5.75 Å². The topological polar surface area (TPSA) is 48.1 Å². The van der Waals surface area contributed by atoms with E-state index in [4.69, 9.17) is 10.5 Å². The van der Waals surface area contributed by atoms with Crippen LogP contribution < -0.4 is 10.5 Å². The molecule has 0 atom stereocenters. The Bertz CT molecular complexity index is 532. The molecule has 0 spiro atoms. The maximum Gasteiger partial charge on any atom is 0.134 e. The minimum absolute atomic E-state index is 0.720. The highest BCUT2D eigenvalue weighted by Crippen LogP contribution is 2.34. The molecule has 0 aliphatic heterocycles. The van der Waals surface area contributed by atoms with Gasteiger partial charge in [-0.25, -0.2) is 4.98 Å². The molecule has 0 fully saturated rings. The number of hydrogen-bond acceptors (Lipinski definition) is 5. The van der Waals surface area contributed by atoms with Gasteiger partial charge in [-0.2, -0.15) is 0 Å². The molecular weight excluding hydrogens is 264 g/mol. The van der Waals surface area contributed by atoms with E-state index in [1.165, 1.54) is 4.88 Å². The molecular formula is C13H16N2OS2. The Morgan fingerprint density at radius 3 is 2.78 bits per heavy atom. The molecule has 0 radical (unpaired) electrons. The zero-order chi connectivity index (χ0) is 13.1. The first-order valence-electron chi connectivity index (χ1n) is 5.59. The first-order chi connectivity index (χ1) is 8.60. The van der Waals surface area contributed by atoms with Gasteiger partial charge in [0.15, 0.2) is 0 Å². The maximum absolute atomic E-state index is 5.73. The van der Waals surface area contributed by atoms with Crippen LogP contribution in [-0.2, 0) is 5.75 Å². The van der Waals surface area contributed by atoms with Crippen molar-refractivity contribution in [3.8, 4) is 5.75 Å². The van der Waals surface area contributed by atoms with E-state index >= 15 is 0 Å². The molecule has 0 bridgehead atoms. The van der Waals surface area contributed by atoms with Crippen LogP contribution in [0.3, 0.4) is 0 Å². The summed E-state index contributed by atoms with van der Waals surface area (Å²) >= 11 is 3.48. The fourth-order valence-corrected chi connectivity index (χ4v) is 3.48. The van der Waals surface area contributed by atoms with Gasteiger partial charge in [-0.3, -0.25) is 0 Å². The van der Waals surface area contributed by atoms with Gasteiger partial charge in [0, 0.05) is 21.5 Å². The van der Waals surface area contributed by atoms with Crippen LogP contribution in [0.1, 0.15) is 15.6 Å². The average Bonchev–Trinajstić information content (AvgIpc) is 2.67. The average molecular weight is 280 g/mol. The second kappa shape index (κ2) is 5.63. The Kier molecular flexibility index (Phi) is 4.14. The van der Waals surface area contributed by atoms with E-state index < -0.39 is 0 Å². The highest BCUT2D eigenvalue weighted by atomic mass is 32.2. The number of methoxy groups -OCH3 is 1. The van der Waals surface area contributed by atoms with Crippen molar-refractivity contribution in [2.45, 2.75) is 24.5 Å². The van der Waals surface area contributed by atoms with Crippen LogP contribution >= 0.6 is 23.1 Å². The number of nitrogens with two attached hydrogens (primary N) is 1. The number of thiazole rings is 1. The van der Waals surface area contributed by atoms with Crippen LogP contribution in [0.25, 0.3) is 0 Å². The van der Waals surface area contributed by atoms with Crippen molar-refractivity contribution in [1.82, 2.24) is 4.98 Å². The van der Waals surface area contributed by atoms with Gasteiger partial charge in [-0.05, 0) is 26.0 Å². The molecule has 0 aliphatic rings. The summed E-state index contributed by atoms with van der Waals surface area (Å²) in [5.41, 5.74) is 7.58. The molecule has 5 heteroatoms. The summed E-state index contributed by atoms with van der Waals surface area (Å²) in [5.74, 6) is 1.68. The molecule has 18 heavy (non-hydrogen) atoms. The molecule has 0 aliphatic carbocycles. The molecule has 1 aromatic heterocycles. The number of benzene rings is 1. The van der Waals surface area contributed by atoms with Crippen LogP contribution in [-0.4, -0.2) is 12.1 Å². The number of aromatic nitrogens is 1. The Morgan fingerprint density at radius 1 is 1.39 bits per heavy atom. The van der Waals surface area contributed by atoms with E-state index in [0.29, 0.717) is 0 Å². The molecule has 0 saturated carbocycles. The quantitative estimate of drug-likeness (QED) is 0.686. The molecule has 2 rings (SSSR count). The van der Waals surface area contributed by atoms with Crippen molar-refractivity contribution >= 4 is 28.8 Å². The molecule has 2 aromatic rings. The first kappa shape index (κ1) is 13.2. The molecule has 1 aromatic carbocycles. The van der Waals surface area contributed by atoms with E-state index in [1.54, 1.807) is 30.2 Å². The van der Waals surface area contributed by atoms with Crippen LogP contribution in [0.2, 0.25) is 0 Å². The second-order valence-corrected chi connectivity index (χ2v) is 6.25. The standard InChI is InChI=1S/C13H16N2OS2/c1-8-9(2)18-13(15-8)7-17-12-5-4-10(14)6-11(12)16-3/h4-6H,7,14H2,1-3H3. The third kappa shape index (κ3) is 2.97. The fourth-order valence-electron chi connectivity index (χ4n) is 1.54. The van der Waals surface area contributed by atoms with Crippen molar-refractivity contribution in [3.05, 3.63) is 33.8 Å². The van der Waals surface area contributed by atoms with Gasteiger partial charge in [0.1, 0.15) is 10.8 Å². The van der Waals surface area contributed by atoms with Crippen molar-refractivity contribution in [2.24, 2.45) is 0 Å². The lowest BCUT2D eigenvalue weighted by Gasteiger charge is -2.07. The molecule has 0 unspecified atom stereocenters. The highest BCUT2D eigenvalue weighted by molar-refractivity contribution is 7.98. The van der Waals surface area contributed by atoms with E-state index in [1.807, 2.05) is 25.1 Å². The molecule has 0 amide bonds. The summed E-state index contributed by atoms with van der Waals surface area (Å²) in [6, 6.07) is 5.73. The summed E-state index contributed by atoms with van der Waals surface area (Å²) in [7, 11) is 1.66. The number of hydrogen-bond donors (Lipinski definition) is 1. The van der Waals surface area contributed by atoms with E-state index in [2.05, 4.69) is 11.9 Å². The number of thioether (sulfide) groups is 1. The predicted molar refractivity (Wildman–Crippen MR) is 78.6 cm³/mol. The summed E-state index contributed by atoms with van der Waals surface area (Å²) in [6.45, 7) is 4.15. The van der Waals surface area contributed by atoms with Gasteiger partial charge in [0.25, 0.3) is 0 Å². The normalized spacial score (nSPS) is 10.6. The molecule has 0 saturated heterocycles. The van der Waals surface area contributed by atoms with Gasteiger partial charge < -0.3 is 10.5 Å². The van der Waals surface area contributed by atoms with Gasteiger partial charge in [0.2, 0.25) is 0 Å². The number of nitrogens with zero attached hydrogens (tertiary/aromatic N) is 1. The summed E-state index contributed by atoms with van der Waals surface area (Å²) in [5, 5.41) is 1.15. The first-order valence-corrected chi connectivity index (χ1v) is 7.39. The Hall–Kier alpha value is -1.20. The minimum atomic E-state index is 0.720. The second-order valence-electron chi connectivity index (χ2n) is 3.95. The fraction of sp³-hybridized carbons (Fsp3) is 0.308. The summed E-state index contributed by atoms with van der Waals surface area (Å²) in [6.07, 6.45) is 0. The van der Waals surface area contributed by atoms with E-state index in [9.17, 15) is 0 Å². The largest absolute Gasteiger partial charge is 0.496 e. The van der Waals surface area contributed by atoms with Crippen molar-refractivity contribution < 1.29 is 4.74 Å². The number of aryl methyl sites for hydroxylation is 2. The predicted octanol–water partition coefficient (Wildman–Crippen LogP) is 3.64. The Balaban J connectivity index is 2.10. The van der Waals surface area contributed by atoms with Crippen molar-refractivity contribution in [2.75, 3.05) is 12.8 Å². The van der Waals surface area contributed by atoms with Crippen LogP contribution in [0.4, 0.5) is 5.69 Å². The van der Waals surface area contributed by atoms with Crippen LogP contribution in [0.15, 0.2) is 23.1 Å². The third-order valence-corrected chi connectivity index (χ3v) is 4.93. The van der Waals surface area contributed by atoms with Gasteiger partial charge in [-0.15, -0.1) is 23.1 Å². The Labute approximate surface area is 115 Å². The maximum atomic E-state index is 5.73. The van der Waals surface area contributed by atoms with E-state index in [-0.39, 0.29) is 0 Å². The molecule has 96 valence electrons. The van der Waals surface area contributed by atoms with Gasteiger partial charge in [-0.1, -0.05) is 0 Å². The minimum Gasteiger partial charge on any atom is -0.496 e. The van der Waals surface area contributed by atoms with Crippen LogP contribution in [0, 0.1) is 13.8 Å². The lowest BCUT2D eigenvalue weighted by Crippen LogP contribution is -1.90. The van der Waals surface area contributed by atoms with E-state index in [0.717, 1.165) is 32.8 Å². The SMILES string of the molecule is COc1cc(N)ccc1SCc1nc(C)c(C)s1. The van der Waals surface area contributed by atoms with Gasteiger partial charge >= 0.3 is 0 Å². The molecule has 3 nitrogen and oxygen atoms in total. The van der Waals surface area contributed by atoms with Crippen molar-refractivity contribution in [3.63, 3.8) is 0 Å².